The van der Waals surface area contributed by atoms with Crippen LogP contribution in [0.2, 0.25) is 0 Å². The molecule has 0 saturated heterocycles. The Kier molecular flexibility index (Phi) is 15.8. The molecule has 0 unspecified atom stereocenters. The summed E-state index contributed by atoms with van der Waals surface area (Å²) in [6.07, 6.45) is 3.22. The Morgan fingerprint density at radius 2 is 1.44 bits per heavy atom. The van der Waals surface area contributed by atoms with Crippen LogP contribution < -0.4 is 21.3 Å². The van der Waals surface area contributed by atoms with Gasteiger partial charge < -0.3 is 31.5 Å². The first-order valence-corrected chi connectivity index (χ1v) is 15.5. The number of aliphatic carboxylic acids is 1. The fraction of sp³-hybridized carbons (Fsp3) is 0.500. The minimum Gasteiger partial charge on any atom is -0.508 e. The molecule has 246 valence electrons. The number of unbranched alkanes of at least 4 members (excludes halogenated alkanes) is 2. The minimum absolute atomic E-state index is 0.135. The van der Waals surface area contributed by atoms with Crippen molar-refractivity contribution in [3.05, 3.63) is 65.7 Å². The summed E-state index contributed by atoms with van der Waals surface area (Å²) in [6.45, 7) is 6.83. The van der Waals surface area contributed by atoms with Gasteiger partial charge in [0.2, 0.25) is 17.7 Å². The average molecular weight is 625 g/mol. The monoisotopic (exact) mass is 624 g/mol. The van der Waals surface area contributed by atoms with Gasteiger partial charge in [-0.3, -0.25) is 24.0 Å². The summed E-state index contributed by atoms with van der Waals surface area (Å²) < 4.78 is 0. The van der Waals surface area contributed by atoms with E-state index in [4.69, 9.17) is 0 Å². The zero-order valence-corrected chi connectivity index (χ0v) is 26.7. The number of ketones is 1. The molecule has 11 nitrogen and oxygen atoms in total. The number of nitrogens with one attached hydrogen (secondary N) is 4. The molecule has 0 radical (unpaired) electrons. The van der Waals surface area contributed by atoms with Crippen LogP contribution in [0.3, 0.4) is 0 Å². The number of carboxylic acids is 1. The quantitative estimate of drug-likeness (QED) is 0.122. The number of carboxylic acid groups (broad SMARTS) is 1. The van der Waals surface area contributed by atoms with E-state index in [2.05, 4.69) is 21.3 Å². The lowest BCUT2D eigenvalue weighted by molar-refractivity contribution is -0.140. The summed E-state index contributed by atoms with van der Waals surface area (Å²) in [5.41, 5.74) is 2.11. The molecule has 0 aromatic heterocycles. The van der Waals surface area contributed by atoms with Crippen molar-refractivity contribution in [3.63, 3.8) is 0 Å². The van der Waals surface area contributed by atoms with Crippen molar-refractivity contribution in [2.24, 2.45) is 5.92 Å². The first-order valence-electron chi connectivity index (χ1n) is 15.5. The number of amides is 3. The number of Topliss-reactive ketones (excluding diaryl/α,β-unsaturated/α-hetero) is 1. The topological polar surface area (TPSA) is 174 Å². The third kappa shape index (κ3) is 14.4. The van der Waals surface area contributed by atoms with Crippen molar-refractivity contribution in [2.75, 3.05) is 6.54 Å². The van der Waals surface area contributed by atoms with Crippen LogP contribution in [-0.4, -0.2) is 70.4 Å². The number of aryl methyl sites for hydroxylation is 1. The summed E-state index contributed by atoms with van der Waals surface area (Å²) >= 11 is 0. The van der Waals surface area contributed by atoms with Gasteiger partial charge in [-0.25, -0.2) is 0 Å². The maximum absolute atomic E-state index is 13.2. The van der Waals surface area contributed by atoms with E-state index in [0.717, 1.165) is 24.8 Å². The van der Waals surface area contributed by atoms with E-state index in [1.165, 1.54) is 19.4 Å². The largest absolute Gasteiger partial charge is 0.508 e. The summed E-state index contributed by atoms with van der Waals surface area (Å²) in [5.74, 6) is -2.93. The summed E-state index contributed by atoms with van der Waals surface area (Å²) in [6, 6.07) is 13.4. The Morgan fingerprint density at radius 1 is 0.778 bits per heavy atom. The number of hydrogen-bond donors (Lipinski definition) is 6. The van der Waals surface area contributed by atoms with E-state index in [-0.39, 0.29) is 42.4 Å². The van der Waals surface area contributed by atoms with Crippen molar-refractivity contribution in [1.82, 2.24) is 21.3 Å². The third-order valence-electron chi connectivity index (χ3n) is 7.43. The first-order chi connectivity index (χ1) is 21.3. The van der Waals surface area contributed by atoms with Gasteiger partial charge in [0.25, 0.3) is 0 Å². The van der Waals surface area contributed by atoms with Crippen LogP contribution in [0.5, 0.6) is 5.75 Å². The molecule has 2 aromatic rings. The van der Waals surface area contributed by atoms with Crippen molar-refractivity contribution >= 4 is 29.5 Å². The van der Waals surface area contributed by atoms with Gasteiger partial charge in [0.15, 0.2) is 5.78 Å². The van der Waals surface area contributed by atoms with Crippen LogP contribution >= 0.6 is 0 Å². The van der Waals surface area contributed by atoms with Crippen LogP contribution in [0.4, 0.5) is 0 Å². The lowest BCUT2D eigenvalue weighted by Gasteiger charge is -2.27. The summed E-state index contributed by atoms with van der Waals surface area (Å²) in [7, 11) is 0. The maximum atomic E-state index is 13.2. The lowest BCUT2D eigenvalue weighted by atomic mass is 10.00. The number of carbonyl (C=O) groups excluding carboxylic acids is 4. The molecule has 0 fully saturated rings. The molecule has 0 saturated carbocycles. The molecular weight excluding hydrogens is 576 g/mol. The van der Waals surface area contributed by atoms with E-state index in [0.29, 0.717) is 12.8 Å². The van der Waals surface area contributed by atoms with Gasteiger partial charge in [-0.2, -0.15) is 0 Å². The van der Waals surface area contributed by atoms with E-state index in [9.17, 15) is 34.2 Å². The van der Waals surface area contributed by atoms with Crippen LogP contribution in [0.15, 0.2) is 54.6 Å². The molecule has 2 aromatic carbocycles. The van der Waals surface area contributed by atoms with Crippen LogP contribution in [-0.2, 0) is 36.8 Å². The Hall–Kier alpha value is -4.25. The maximum Gasteiger partial charge on any atom is 0.305 e. The normalized spacial score (nSPS) is 13.7. The number of phenols is 1. The predicted molar refractivity (Wildman–Crippen MR) is 171 cm³/mol. The summed E-state index contributed by atoms with van der Waals surface area (Å²) in [4.78, 5) is 62.3. The van der Waals surface area contributed by atoms with E-state index >= 15 is 0 Å². The highest BCUT2D eigenvalue weighted by Gasteiger charge is 2.29. The fourth-order valence-corrected chi connectivity index (χ4v) is 4.99. The predicted octanol–water partition coefficient (Wildman–Crippen LogP) is 2.89. The van der Waals surface area contributed by atoms with Gasteiger partial charge in [-0.05, 0) is 61.8 Å². The zero-order valence-electron chi connectivity index (χ0n) is 26.7. The van der Waals surface area contributed by atoms with Gasteiger partial charge >= 0.3 is 5.97 Å². The van der Waals surface area contributed by atoms with Crippen molar-refractivity contribution < 1.29 is 34.2 Å². The van der Waals surface area contributed by atoms with Crippen molar-refractivity contribution in [1.29, 1.82) is 0 Å². The second-order valence-electron chi connectivity index (χ2n) is 11.8. The molecule has 4 atom stereocenters. The molecule has 11 heteroatoms. The molecule has 3 amide bonds. The van der Waals surface area contributed by atoms with Gasteiger partial charge in [0, 0.05) is 25.9 Å². The van der Waals surface area contributed by atoms with E-state index in [1.807, 2.05) is 44.2 Å². The standard InChI is InChI=1S/C34H48N4O7/c1-22(2)32(35-21-27(37-24(4)39)19-26-15-17-28(40)18-16-26)34(45)36-23(3)33(44)38-29(20-31(42)43)30(41)14-10-6-9-13-25-11-7-5-8-12-25/h5,7-8,11-12,15-18,22-23,27,29,32,35,40H,6,9-10,13-14,19-21H2,1-4H3,(H,36,45)(H,37,39)(H,38,44)(H,42,43)/t23-,27-,29-,32-/m0/s1. The molecule has 45 heavy (non-hydrogen) atoms. The molecule has 0 aliphatic rings. The smallest absolute Gasteiger partial charge is 0.305 e. The third-order valence-corrected chi connectivity index (χ3v) is 7.43. The van der Waals surface area contributed by atoms with Crippen LogP contribution in [0.1, 0.15) is 70.9 Å². The van der Waals surface area contributed by atoms with Gasteiger partial charge in [-0.15, -0.1) is 0 Å². The van der Waals surface area contributed by atoms with E-state index < -0.39 is 42.3 Å². The number of aromatic hydroxyl groups is 1. The van der Waals surface area contributed by atoms with E-state index in [1.54, 1.807) is 24.3 Å². The van der Waals surface area contributed by atoms with Gasteiger partial charge in [0.1, 0.15) is 11.8 Å². The number of hydrogen-bond acceptors (Lipinski definition) is 7. The molecule has 2 rings (SSSR count). The Bertz CT molecular complexity index is 1250. The van der Waals surface area contributed by atoms with Crippen LogP contribution in [0.25, 0.3) is 0 Å². The van der Waals surface area contributed by atoms with Crippen molar-refractivity contribution in [3.8, 4) is 5.75 Å². The molecule has 0 aliphatic carbocycles. The number of phenolic OH excluding ortho intramolecular Hbond substituents is 1. The number of carbonyl (C=O) groups is 5. The highest BCUT2D eigenvalue weighted by Crippen LogP contribution is 2.13. The second-order valence-corrected chi connectivity index (χ2v) is 11.8. The highest BCUT2D eigenvalue weighted by molar-refractivity contribution is 5.95. The van der Waals surface area contributed by atoms with Gasteiger partial charge in [-0.1, -0.05) is 62.7 Å². The Labute approximate surface area is 265 Å². The number of rotatable bonds is 20. The molecule has 0 heterocycles. The van der Waals surface area contributed by atoms with Crippen LogP contribution in [0, 0.1) is 5.92 Å². The Balaban J connectivity index is 1.91. The Morgan fingerprint density at radius 3 is 2.04 bits per heavy atom. The zero-order chi connectivity index (χ0) is 33.4. The molecule has 6 N–H and O–H groups in total. The lowest BCUT2D eigenvalue weighted by Crippen LogP contribution is -2.57. The van der Waals surface area contributed by atoms with Crippen molar-refractivity contribution in [2.45, 2.75) is 96.8 Å². The average Bonchev–Trinajstić information content (AvgIpc) is 2.97. The molecule has 0 spiro atoms. The molecular formula is C34H48N4O7. The molecule has 0 bridgehead atoms. The number of benzene rings is 2. The van der Waals surface area contributed by atoms with Gasteiger partial charge in [0.05, 0.1) is 18.5 Å². The SMILES string of the molecule is CC(=O)N[C@H](CN[C@H](C(=O)N[C@@H](C)C(=O)N[C@@H](CC(=O)O)C(=O)CCCCCc1ccccc1)C(C)C)Cc1ccc(O)cc1. The minimum atomic E-state index is -1.21. The summed E-state index contributed by atoms with van der Waals surface area (Å²) in [5, 5.41) is 30.1. The second kappa shape index (κ2) is 19.2. The fourth-order valence-electron chi connectivity index (χ4n) is 4.99. The first kappa shape index (κ1) is 36.9. The molecule has 0 aliphatic heterocycles. The highest BCUT2D eigenvalue weighted by atomic mass is 16.4.